The van der Waals surface area contributed by atoms with Crippen LogP contribution in [0, 0.1) is 5.82 Å². The first kappa shape index (κ1) is 14.0. The van der Waals surface area contributed by atoms with Gasteiger partial charge >= 0.3 is 6.18 Å². The molecule has 0 bridgehead atoms. The molecule has 2 rings (SSSR count). The average Bonchev–Trinajstić information content (AvgIpc) is 2.38. The summed E-state index contributed by atoms with van der Waals surface area (Å²) in [6.07, 6.45) is -5.13. The number of carbonyl (C=O) groups excluding carboxylic acids is 1. The summed E-state index contributed by atoms with van der Waals surface area (Å²) >= 11 is 0. The maximum absolute atomic E-state index is 13.5. The summed E-state index contributed by atoms with van der Waals surface area (Å²) in [5.41, 5.74) is -0.153. The lowest BCUT2D eigenvalue weighted by atomic mass is 10.0. The van der Waals surface area contributed by atoms with Gasteiger partial charge in [-0.15, -0.1) is 0 Å². The van der Waals surface area contributed by atoms with Crippen LogP contribution in [0.4, 0.5) is 17.6 Å². The number of hydrogen-bond acceptors (Lipinski definition) is 2. The van der Waals surface area contributed by atoms with Gasteiger partial charge in [-0.1, -0.05) is 36.1 Å². The maximum atomic E-state index is 13.5. The second-order valence-electron chi connectivity index (χ2n) is 4.01. The number of alkyl halides is 3. The highest BCUT2D eigenvalue weighted by Crippen LogP contribution is 2.26. The quantitative estimate of drug-likeness (QED) is 0.483. The van der Waals surface area contributed by atoms with Crippen molar-refractivity contribution in [2.45, 2.75) is 6.18 Å². The molecule has 2 aromatic carbocycles. The van der Waals surface area contributed by atoms with Crippen molar-refractivity contribution in [2.24, 2.45) is 0 Å². The number of allylic oxidation sites excluding steroid dienone is 1. The molecule has 0 saturated carbocycles. The average molecular weight is 283 g/mol. The van der Waals surface area contributed by atoms with Crippen LogP contribution in [-0.4, -0.2) is 12.0 Å². The van der Waals surface area contributed by atoms with Gasteiger partial charge < -0.3 is 5.11 Å². The lowest BCUT2D eigenvalue weighted by Crippen LogP contribution is -2.22. The fourth-order valence-electron chi connectivity index (χ4n) is 1.76. The number of hydrogen-bond donors (Lipinski definition) is 0. The van der Waals surface area contributed by atoms with Crippen molar-refractivity contribution in [3.63, 3.8) is 0 Å². The van der Waals surface area contributed by atoms with E-state index in [-0.39, 0.29) is 22.4 Å². The minimum atomic E-state index is -5.11. The Kier molecular flexibility index (Phi) is 3.48. The maximum Gasteiger partial charge on any atom is 0.454 e. The number of rotatable bonds is 2. The third kappa shape index (κ3) is 2.64. The molecule has 0 saturated heterocycles. The summed E-state index contributed by atoms with van der Waals surface area (Å²) in [6, 6.07) is 7.88. The topological polar surface area (TPSA) is 40.1 Å². The molecule has 2 nitrogen and oxygen atoms in total. The van der Waals surface area contributed by atoms with Gasteiger partial charge in [-0.2, -0.15) is 13.2 Å². The van der Waals surface area contributed by atoms with E-state index >= 15 is 0 Å². The monoisotopic (exact) mass is 283 g/mol. The van der Waals surface area contributed by atoms with E-state index in [0.717, 1.165) is 12.1 Å². The molecular formula is C14H7F4O2-. The summed E-state index contributed by atoms with van der Waals surface area (Å²) in [5, 5.41) is 12.0. The minimum absolute atomic E-state index is 0.0281. The minimum Gasteiger partial charge on any atom is -0.872 e. The Bertz CT molecular complexity index is 702. The molecular weight excluding hydrogens is 276 g/mol. The fourth-order valence-corrected chi connectivity index (χ4v) is 1.76. The Morgan fingerprint density at radius 1 is 1.05 bits per heavy atom. The Morgan fingerprint density at radius 2 is 1.65 bits per heavy atom. The summed E-state index contributed by atoms with van der Waals surface area (Å²) in [4.78, 5) is 10.8. The van der Waals surface area contributed by atoms with Crippen molar-refractivity contribution in [3.8, 4) is 0 Å². The van der Waals surface area contributed by atoms with Crippen LogP contribution in [0.25, 0.3) is 16.5 Å². The van der Waals surface area contributed by atoms with Crippen LogP contribution in [0.5, 0.6) is 0 Å². The zero-order valence-corrected chi connectivity index (χ0v) is 9.87. The van der Waals surface area contributed by atoms with E-state index in [1.54, 1.807) is 0 Å². The van der Waals surface area contributed by atoms with E-state index in [1.807, 2.05) is 0 Å². The highest BCUT2D eigenvalue weighted by Gasteiger charge is 2.36. The standard InChI is InChI=1S/C14H8F4O2/c15-11-6-5-10(8-3-1-2-4-9(8)11)12(19)7-13(20)14(16,17)18/h1-7,19H/p-1/b12-7-. The molecule has 20 heavy (non-hydrogen) atoms. The van der Waals surface area contributed by atoms with E-state index in [4.69, 9.17) is 0 Å². The van der Waals surface area contributed by atoms with E-state index in [9.17, 15) is 27.5 Å². The molecule has 0 aliphatic heterocycles. The summed E-state index contributed by atoms with van der Waals surface area (Å²) < 4.78 is 49.8. The molecule has 0 atom stereocenters. The second-order valence-corrected chi connectivity index (χ2v) is 4.01. The van der Waals surface area contributed by atoms with Crippen LogP contribution in [0.1, 0.15) is 5.56 Å². The van der Waals surface area contributed by atoms with Crippen molar-refractivity contribution in [1.29, 1.82) is 0 Å². The Hall–Kier alpha value is -2.37. The van der Waals surface area contributed by atoms with Crippen molar-refractivity contribution in [3.05, 3.63) is 53.9 Å². The third-order valence-corrected chi connectivity index (χ3v) is 2.68. The van der Waals surface area contributed by atoms with E-state index in [1.165, 1.54) is 24.3 Å². The van der Waals surface area contributed by atoms with Crippen LogP contribution >= 0.6 is 0 Å². The molecule has 0 aliphatic rings. The summed E-state index contributed by atoms with van der Waals surface area (Å²) in [7, 11) is 0. The van der Waals surface area contributed by atoms with Crippen LogP contribution in [0.15, 0.2) is 42.5 Å². The van der Waals surface area contributed by atoms with Gasteiger partial charge in [0.05, 0.1) is 0 Å². The number of ketones is 1. The lowest BCUT2D eigenvalue weighted by molar-refractivity contribution is -0.244. The summed E-state index contributed by atoms with van der Waals surface area (Å²) in [6.45, 7) is 0. The molecule has 0 amide bonds. The highest BCUT2D eigenvalue weighted by atomic mass is 19.4. The molecule has 0 aromatic heterocycles. The smallest absolute Gasteiger partial charge is 0.454 e. The van der Waals surface area contributed by atoms with Crippen LogP contribution in [-0.2, 0) is 4.79 Å². The zero-order chi connectivity index (χ0) is 14.9. The van der Waals surface area contributed by atoms with Gasteiger partial charge in [-0.25, -0.2) is 4.39 Å². The van der Waals surface area contributed by atoms with Gasteiger partial charge in [0.25, 0.3) is 5.78 Å². The van der Waals surface area contributed by atoms with Crippen LogP contribution < -0.4 is 5.11 Å². The Morgan fingerprint density at radius 3 is 2.25 bits per heavy atom. The number of benzene rings is 2. The van der Waals surface area contributed by atoms with Crippen LogP contribution in [0.2, 0.25) is 0 Å². The molecule has 0 heterocycles. The van der Waals surface area contributed by atoms with Crippen molar-refractivity contribution in [1.82, 2.24) is 0 Å². The van der Waals surface area contributed by atoms with E-state index in [2.05, 4.69) is 0 Å². The third-order valence-electron chi connectivity index (χ3n) is 2.68. The fraction of sp³-hybridized carbons (Fsp3) is 0.0714. The highest BCUT2D eigenvalue weighted by molar-refractivity contribution is 6.02. The normalized spacial score (nSPS) is 12.7. The molecule has 0 spiro atoms. The van der Waals surface area contributed by atoms with E-state index in [0.29, 0.717) is 0 Å². The van der Waals surface area contributed by atoms with Crippen LogP contribution in [0.3, 0.4) is 0 Å². The Balaban J connectivity index is 2.57. The first-order valence-corrected chi connectivity index (χ1v) is 5.48. The zero-order valence-electron chi connectivity index (χ0n) is 9.87. The molecule has 0 unspecified atom stereocenters. The van der Waals surface area contributed by atoms with E-state index < -0.39 is 23.5 Å². The first-order valence-electron chi connectivity index (χ1n) is 5.48. The molecule has 104 valence electrons. The van der Waals surface area contributed by atoms with Crippen molar-refractivity contribution in [2.75, 3.05) is 0 Å². The van der Waals surface area contributed by atoms with Crippen molar-refractivity contribution < 1.29 is 27.5 Å². The number of halogens is 4. The predicted octanol–water partition coefficient (Wildman–Crippen LogP) is 2.81. The molecule has 0 aliphatic carbocycles. The van der Waals surface area contributed by atoms with Crippen molar-refractivity contribution >= 4 is 22.3 Å². The van der Waals surface area contributed by atoms with Gasteiger partial charge in [0.15, 0.2) is 0 Å². The van der Waals surface area contributed by atoms with Gasteiger partial charge in [0, 0.05) is 5.39 Å². The molecule has 0 radical (unpaired) electrons. The van der Waals surface area contributed by atoms with Gasteiger partial charge in [-0.3, -0.25) is 4.79 Å². The molecule has 0 fully saturated rings. The van der Waals surface area contributed by atoms with Gasteiger partial charge in [-0.05, 0) is 23.1 Å². The first-order chi connectivity index (χ1) is 9.30. The number of fused-ring (bicyclic) bond motifs is 1. The second kappa shape index (κ2) is 4.96. The summed E-state index contributed by atoms with van der Waals surface area (Å²) in [5.74, 6) is -3.95. The lowest BCUT2D eigenvalue weighted by Gasteiger charge is -2.15. The largest absolute Gasteiger partial charge is 0.872 e. The van der Waals surface area contributed by atoms with Gasteiger partial charge in [0.2, 0.25) is 0 Å². The van der Waals surface area contributed by atoms with Gasteiger partial charge in [0.1, 0.15) is 5.82 Å². The SMILES string of the molecule is O=C(/C=C(\[O-])c1ccc(F)c2ccccc12)C(F)(F)F. The predicted molar refractivity (Wildman–Crippen MR) is 62.9 cm³/mol. The molecule has 6 heteroatoms. The molecule has 0 N–H and O–H groups in total. The number of carbonyl (C=O) groups is 1. The molecule has 2 aromatic rings. The Labute approximate surface area is 111 Å².